The topological polar surface area (TPSA) is 79.8 Å². The smallest absolute Gasteiger partial charge is 0.410 e. The number of carbonyl (C=O) groups excluding carboxylic acids is 1. The van der Waals surface area contributed by atoms with Gasteiger partial charge in [0.25, 0.3) is 0 Å². The van der Waals surface area contributed by atoms with Crippen LogP contribution < -0.4 is 0 Å². The van der Waals surface area contributed by atoms with Crippen molar-refractivity contribution >= 4 is 26.9 Å². The predicted octanol–water partition coefficient (Wildman–Crippen LogP) is 4.11. The number of hydrogen-bond acceptors (Lipinski definition) is 5. The quantitative estimate of drug-likeness (QED) is 0.579. The molecule has 2 saturated heterocycles. The summed E-state index contributed by atoms with van der Waals surface area (Å²) < 4.78 is 34.8. The third kappa shape index (κ3) is 3.98. The molecule has 33 heavy (non-hydrogen) atoms. The van der Waals surface area contributed by atoms with Gasteiger partial charge in [0, 0.05) is 42.3 Å². The Bertz CT molecular complexity index is 1270. The van der Waals surface area contributed by atoms with Gasteiger partial charge in [-0.25, -0.2) is 13.2 Å². The molecule has 8 heteroatoms. The lowest BCUT2D eigenvalue weighted by Gasteiger charge is -2.38. The van der Waals surface area contributed by atoms with Gasteiger partial charge in [-0.1, -0.05) is 42.5 Å². The zero-order valence-corrected chi connectivity index (χ0v) is 19.4. The summed E-state index contributed by atoms with van der Waals surface area (Å²) in [7, 11) is -3.74. The highest BCUT2D eigenvalue weighted by atomic mass is 32.2. The molecule has 5 rings (SSSR count). The minimum Gasteiger partial charge on any atom is -0.445 e. The van der Waals surface area contributed by atoms with Crippen molar-refractivity contribution in [2.24, 2.45) is 0 Å². The van der Waals surface area contributed by atoms with Gasteiger partial charge in [0.2, 0.25) is 10.0 Å². The second-order valence-corrected chi connectivity index (χ2v) is 10.6. The average Bonchev–Trinajstić information content (AvgIpc) is 3.28. The molecule has 0 N–H and O–H groups in total. The van der Waals surface area contributed by atoms with E-state index in [4.69, 9.17) is 4.74 Å². The van der Waals surface area contributed by atoms with Crippen LogP contribution in [0, 0.1) is 6.92 Å². The molecule has 172 valence electrons. The van der Waals surface area contributed by atoms with Gasteiger partial charge < -0.3 is 9.64 Å². The molecule has 0 bridgehead atoms. The third-order valence-electron chi connectivity index (χ3n) is 6.72. The number of pyridine rings is 1. The number of benzene rings is 2. The van der Waals surface area contributed by atoms with Crippen molar-refractivity contribution in [3.8, 4) is 0 Å². The largest absolute Gasteiger partial charge is 0.445 e. The van der Waals surface area contributed by atoms with Crippen LogP contribution in [0.5, 0.6) is 0 Å². The average molecular weight is 466 g/mol. The highest BCUT2D eigenvalue weighted by molar-refractivity contribution is 7.89. The van der Waals surface area contributed by atoms with Gasteiger partial charge in [-0.15, -0.1) is 0 Å². The van der Waals surface area contributed by atoms with Crippen LogP contribution in [-0.4, -0.2) is 53.9 Å². The number of sulfonamides is 1. The molecule has 0 aliphatic carbocycles. The molecule has 3 aromatic rings. The fourth-order valence-corrected chi connectivity index (χ4v) is 7.17. The van der Waals surface area contributed by atoms with Crippen molar-refractivity contribution in [1.29, 1.82) is 0 Å². The zero-order valence-electron chi connectivity index (χ0n) is 18.6. The number of nitrogens with zero attached hydrogens (tertiary/aromatic N) is 3. The SMILES string of the molecule is Cc1cncc2cccc(S(=O)(=O)N3CCC4C3CCCN4C(=O)OCc3ccccc3)c12. The lowest BCUT2D eigenvalue weighted by atomic mass is 9.98. The molecular weight excluding hydrogens is 438 g/mol. The summed E-state index contributed by atoms with van der Waals surface area (Å²) in [5.74, 6) is 0. The molecule has 2 unspecified atom stereocenters. The molecule has 2 aromatic carbocycles. The first-order valence-electron chi connectivity index (χ1n) is 11.3. The van der Waals surface area contributed by atoms with Crippen molar-refractivity contribution in [1.82, 2.24) is 14.2 Å². The molecule has 2 atom stereocenters. The summed E-state index contributed by atoms with van der Waals surface area (Å²) in [6, 6.07) is 14.5. The van der Waals surface area contributed by atoms with E-state index in [2.05, 4.69) is 4.98 Å². The summed E-state index contributed by atoms with van der Waals surface area (Å²) in [4.78, 5) is 19.1. The van der Waals surface area contributed by atoms with Gasteiger partial charge in [0.15, 0.2) is 0 Å². The van der Waals surface area contributed by atoms with Crippen molar-refractivity contribution in [2.45, 2.75) is 49.8 Å². The second kappa shape index (κ2) is 8.76. The van der Waals surface area contributed by atoms with E-state index >= 15 is 0 Å². The maximum Gasteiger partial charge on any atom is 0.410 e. The first-order chi connectivity index (χ1) is 16.0. The van der Waals surface area contributed by atoms with E-state index in [1.54, 1.807) is 33.7 Å². The molecule has 2 aliphatic heterocycles. The summed E-state index contributed by atoms with van der Waals surface area (Å²) >= 11 is 0. The lowest BCUT2D eigenvalue weighted by Crippen LogP contribution is -2.52. The fraction of sp³-hybridized carbons (Fsp3) is 0.360. The first kappa shape index (κ1) is 21.9. The Morgan fingerprint density at radius 2 is 1.85 bits per heavy atom. The van der Waals surface area contributed by atoms with Crippen molar-refractivity contribution in [3.05, 3.63) is 72.1 Å². The Hall–Kier alpha value is -2.97. The molecule has 0 radical (unpaired) electrons. The minimum atomic E-state index is -3.74. The maximum absolute atomic E-state index is 13.8. The molecule has 2 aliphatic rings. The van der Waals surface area contributed by atoms with Gasteiger partial charge >= 0.3 is 6.09 Å². The number of aryl methyl sites for hydroxylation is 1. The van der Waals surface area contributed by atoms with E-state index < -0.39 is 10.0 Å². The Kier molecular flexibility index (Phi) is 5.80. The maximum atomic E-state index is 13.8. The number of piperidine rings is 1. The Labute approximate surface area is 194 Å². The number of carbonyl (C=O) groups is 1. The highest BCUT2D eigenvalue weighted by Crippen LogP contribution is 2.37. The van der Waals surface area contributed by atoms with E-state index in [1.807, 2.05) is 43.3 Å². The summed E-state index contributed by atoms with van der Waals surface area (Å²) in [6.07, 6.45) is 5.09. The molecule has 2 fully saturated rings. The molecular formula is C25H27N3O4S. The van der Waals surface area contributed by atoms with Crippen molar-refractivity contribution in [2.75, 3.05) is 13.1 Å². The number of hydrogen-bond donors (Lipinski definition) is 0. The van der Waals surface area contributed by atoms with E-state index in [0.717, 1.165) is 29.4 Å². The molecule has 0 saturated carbocycles. The number of aromatic nitrogens is 1. The van der Waals surface area contributed by atoms with E-state index in [1.165, 1.54) is 0 Å². The van der Waals surface area contributed by atoms with Gasteiger partial charge in [-0.05, 0) is 43.4 Å². The zero-order chi connectivity index (χ0) is 23.0. The number of rotatable bonds is 4. The van der Waals surface area contributed by atoms with Crippen LogP contribution in [-0.2, 0) is 21.4 Å². The molecule has 1 amide bonds. The number of fused-ring (bicyclic) bond motifs is 2. The Balaban J connectivity index is 1.38. The fourth-order valence-electron chi connectivity index (χ4n) is 5.19. The van der Waals surface area contributed by atoms with Crippen LogP contribution in [0.2, 0.25) is 0 Å². The van der Waals surface area contributed by atoms with Crippen LogP contribution in [0.3, 0.4) is 0 Å². The van der Waals surface area contributed by atoms with E-state index in [9.17, 15) is 13.2 Å². The number of likely N-dealkylation sites (tertiary alicyclic amines) is 1. The molecule has 3 heterocycles. The van der Waals surface area contributed by atoms with Crippen LogP contribution in [0.1, 0.15) is 30.4 Å². The number of ether oxygens (including phenoxy) is 1. The Morgan fingerprint density at radius 3 is 2.67 bits per heavy atom. The normalized spacial score (nSPS) is 21.2. The van der Waals surface area contributed by atoms with Crippen molar-refractivity contribution < 1.29 is 17.9 Å². The van der Waals surface area contributed by atoms with E-state index in [0.29, 0.717) is 29.8 Å². The standard InChI is InChI=1S/C25H27N3O4S/c1-18-15-26-16-20-9-5-11-23(24(18)20)33(30,31)28-14-12-21-22(28)10-6-13-27(21)25(29)32-17-19-7-3-2-4-8-19/h2-5,7-9,11,15-16,21-22H,6,10,12-14,17H2,1H3. The van der Waals surface area contributed by atoms with Gasteiger partial charge in [0.1, 0.15) is 6.61 Å². The minimum absolute atomic E-state index is 0.172. The number of amides is 1. The molecule has 0 spiro atoms. The molecule has 1 aromatic heterocycles. The van der Waals surface area contributed by atoms with Gasteiger partial charge in [-0.2, -0.15) is 4.31 Å². The monoisotopic (exact) mass is 465 g/mol. The third-order valence-corrected chi connectivity index (χ3v) is 8.69. The van der Waals surface area contributed by atoms with Crippen LogP contribution in [0.15, 0.2) is 65.8 Å². The van der Waals surface area contributed by atoms with Crippen LogP contribution >= 0.6 is 0 Å². The summed E-state index contributed by atoms with van der Waals surface area (Å²) in [5.41, 5.74) is 1.76. The van der Waals surface area contributed by atoms with Crippen molar-refractivity contribution in [3.63, 3.8) is 0 Å². The predicted molar refractivity (Wildman–Crippen MR) is 125 cm³/mol. The van der Waals surface area contributed by atoms with Gasteiger partial charge in [-0.3, -0.25) is 4.98 Å². The lowest BCUT2D eigenvalue weighted by molar-refractivity contribution is 0.0606. The highest BCUT2D eigenvalue weighted by Gasteiger charge is 2.47. The second-order valence-electron chi connectivity index (χ2n) is 8.73. The molecule has 7 nitrogen and oxygen atoms in total. The van der Waals surface area contributed by atoms with Gasteiger partial charge in [0.05, 0.1) is 10.9 Å². The first-order valence-corrected chi connectivity index (χ1v) is 12.7. The summed E-state index contributed by atoms with van der Waals surface area (Å²) in [6.45, 7) is 3.06. The van der Waals surface area contributed by atoms with Crippen LogP contribution in [0.25, 0.3) is 10.8 Å². The van der Waals surface area contributed by atoms with Crippen LogP contribution in [0.4, 0.5) is 4.79 Å². The van der Waals surface area contributed by atoms with E-state index in [-0.39, 0.29) is 24.8 Å². The Morgan fingerprint density at radius 1 is 1.03 bits per heavy atom. The summed E-state index contributed by atoms with van der Waals surface area (Å²) in [5, 5.41) is 1.52.